The summed E-state index contributed by atoms with van der Waals surface area (Å²) < 4.78 is 0. The molecule has 1 atom stereocenters. The van der Waals surface area contributed by atoms with Gasteiger partial charge in [-0.2, -0.15) is 0 Å². The lowest BCUT2D eigenvalue weighted by atomic mass is 10.0. The average molecular weight is 208 g/mol. The van der Waals surface area contributed by atoms with Crippen LogP contribution in [0.1, 0.15) is 12.5 Å². The van der Waals surface area contributed by atoms with E-state index in [1.54, 1.807) is 13.1 Å². The standard InChI is InChI=1S/C11H16N2O2/c1-8(14)10(13(2)3)6-9-4-5-12-11(15)7-9/h4-5,7,10H,6H2,1-3H3,(H,12,15)/t10-/m0/s1. The van der Waals surface area contributed by atoms with E-state index in [1.165, 1.54) is 6.07 Å². The van der Waals surface area contributed by atoms with Crippen LogP contribution < -0.4 is 5.56 Å². The summed E-state index contributed by atoms with van der Waals surface area (Å²) in [5.74, 6) is 0.111. The molecule has 1 rings (SSSR count). The highest BCUT2D eigenvalue weighted by Gasteiger charge is 2.16. The number of likely N-dealkylation sites (N-methyl/N-ethyl adjacent to an activating group) is 1. The van der Waals surface area contributed by atoms with Gasteiger partial charge in [0.05, 0.1) is 6.04 Å². The molecule has 0 aliphatic rings. The van der Waals surface area contributed by atoms with Crippen molar-refractivity contribution >= 4 is 5.78 Å². The summed E-state index contributed by atoms with van der Waals surface area (Å²) in [5, 5.41) is 0. The van der Waals surface area contributed by atoms with E-state index in [2.05, 4.69) is 4.98 Å². The van der Waals surface area contributed by atoms with Crippen molar-refractivity contribution in [1.29, 1.82) is 0 Å². The topological polar surface area (TPSA) is 53.2 Å². The Balaban J connectivity index is 2.83. The quantitative estimate of drug-likeness (QED) is 0.781. The summed E-state index contributed by atoms with van der Waals surface area (Å²) in [4.78, 5) is 26.8. The van der Waals surface area contributed by atoms with Crippen LogP contribution in [0.2, 0.25) is 0 Å². The molecule has 0 saturated heterocycles. The van der Waals surface area contributed by atoms with E-state index in [0.29, 0.717) is 6.42 Å². The smallest absolute Gasteiger partial charge is 0.248 e. The van der Waals surface area contributed by atoms with Gasteiger partial charge in [-0.05, 0) is 39.1 Å². The minimum absolute atomic E-state index is 0.111. The van der Waals surface area contributed by atoms with Gasteiger partial charge in [0.15, 0.2) is 0 Å². The van der Waals surface area contributed by atoms with Gasteiger partial charge in [0.2, 0.25) is 5.56 Å². The van der Waals surface area contributed by atoms with Crippen molar-refractivity contribution in [1.82, 2.24) is 9.88 Å². The summed E-state index contributed by atoms with van der Waals surface area (Å²) in [6.07, 6.45) is 2.18. The molecule has 0 spiro atoms. The van der Waals surface area contributed by atoms with Gasteiger partial charge >= 0.3 is 0 Å². The summed E-state index contributed by atoms with van der Waals surface area (Å²) >= 11 is 0. The van der Waals surface area contributed by atoms with E-state index in [9.17, 15) is 9.59 Å². The molecular formula is C11H16N2O2. The maximum atomic E-state index is 11.3. The van der Waals surface area contributed by atoms with Crippen LogP contribution in [-0.2, 0) is 11.2 Å². The highest BCUT2D eigenvalue weighted by Crippen LogP contribution is 2.05. The molecule has 0 bridgehead atoms. The van der Waals surface area contributed by atoms with Gasteiger partial charge in [0.25, 0.3) is 0 Å². The van der Waals surface area contributed by atoms with Crippen molar-refractivity contribution in [3.8, 4) is 0 Å². The highest BCUT2D eigenvalue weighted by molar-refractivity contribution is 5.81. The molecule has 0 unspecified atom stereocenters. The fourth-order valence-electron chi connectivity index (χ4n) is 1.53. The normalized spacial score (nSPS) is 12.8. The minimum Gasteiger partial charge on any atom is -0.329 e. The molecule has 0 aliphatic heterocycles. The molecule has 1 N–H and O–H groups in total. The Bertz CT molecular complexity index is 396. The highest BCUT2D eigenvalue weighted by atomic mass is 16.1. The molecule has 0 saturated carbocycles. The number of aromatic amines is 1. The SMILES string of the molecule is CC(=O)[C@H](Cc1cc[nH]c(=O)c1)N(C)C. The summed E-state index contributed by atoms with van der Waals surface area (Å²) in [6, 6.07) is 3.19. The molecule has 1 aromatic rings. The maximum absolute atomic E-state index is 11.3. The molecule has 0 fully saturated rings. The number of carbonyl (C=O) groups is 1. The second-order valence-electron chi connectivity index (χ2n) is 3.86. The van der Waals surface area contributed by atoms with E-state index in [1.807, 2.05) is 25.1 Å². The van der Waals surface area contributed by atoms with Gasteiger partial charge in [0.1, 0.15) is 5.78 Å². The first-order valence-electron chi connectivity index (χ1n) is 4.85. The molecule has 0 aromatic carbocycles. The molecule has 82 valence electrons. The number of pyridine rings is 1. The molecule has 15 heavy (non-hydrogen) atoms. The minimum atomic E-state index is -0.160. The van der Waals surface area contributed by atoms with Crippen molar-refractivity contribution in [2.24, 2.45) is 0 Å². The first kappa shape index (κ1) is 11.7. The van der Waals surface area contributed by atoms with E-state index < -0.39 is 0 Å². The van der Waals surface area contributed by atoms with Gasteiger partial charge in [-0.25, -0.2) is 0 Å². The number of aromatic nitrogens is 1. The number of carbonyl (C=O) groups excluding carboxylic acids is 1. The average Bonchev–Trinajstić information content (AvgIpc) is 2.13. The van der Waals surface area contributed by atoms with Gasteiger partial charge < -0.3 is 4.98 Å². The fraction of sp³-hybridized carbons (Fsp3) is 0.455. The number of hydrogen-bond acceptors (Lipinski definition) is 3. The number of nitrogens with one attached hydrogen (secondary N) is 1. The predicted molar refractivity (Wildman–Crippen MR) is 58.9 cm³/mol. The predicted octanol–water partition coefficient (Wildman–Crippen LogP) is 0.437. The van der Waals surface area contributed by atoms with Crippen LogP contribution in [0.15, 0.2) is 23.1 Å². The third-order valence-corrected chi connectivity index (χ3v) is 2.36. The van der Waals surface area contributed by atoms with E-state index >= 15 is 0 Å². The third-order valence-electron chi connectivity index (χ3n) is 2.36. The molecule has 1 aromatic heterocycles. The lowest BCUT2D eigenvalue weighted by molar-refractivity contribution is -0.121. The van der Waals surface area contributed by atoms with Crippen LogP contribution >= 0.6 is 0 Å². The Labute approximate surface area is 88.9 Å². The van der Waals surface area contributed by atoms with Crippen LogP contribution in [0.4, 0.5) is 0 Å². The lowest BCUT2D eigenvalue weighted by Crippen LogP contribution is -2.36. The molecule has 0 amide bonds. The molecule has 0 aliphatic carbocycles. The third kappa shape index (κ3) is 3.32. The maximum Gasteiger partial charge on any atom is 0.248 e. The Kier molecular flexibility index (Phi) is 3.80. The Morgan fingerprint density at radius 3 is 2.67 bits per heavy atom. The number of hydrogen-bond donors (Lipinski definition) is 1. The van der Waals surface area contributed by atoms with Crippen molar-refractivity contribution in [2.75, 3.05) is 14.1 Å². The second-order valence-corrected chi connectivity index (χ2v) is 3.86. The second kappa shape index (κ2) is 4.89. The van der Waals surface area contributed by atoms with E-state index in [4.69, 9.17) is 0 Å². The van der Waals surface area contributed by atoms with Crippen molar-refractivity contribution in [3.63, 3.8) is 0 Å². The Morgan fingerprint density at radius 1 is 1.53 bits per heavy atom. The zero-order valence-corrected chi connectivity index (χ0v) is 9.28. The summed E-state index contributed by atoms with van der Waals surface area (Å²) in [7, 11) is 3.72. The first-order valence-corrected chi connectivity index (χ1v) is 4.85. The molecule has 4 heteroatoms. The number of Topliss-reactive ketones (excluding diaryl/α,β-unsaturated/α-hetero) is 1. The zero-order valence-electron chi connectivity index (χ0n) is 9.28. The van der Waals surface area contributed by atoms with Gasteiger partial charge in [-0.15, -0.1) is 0 Å². The Morgan fingerprint density at radius 2 is 2.20 bits per heavy atom. The molecule has 0 radical (unpaired) electrons. The van der Waals surface area contributed by atoms with Crippen LogP contribution in [-0.4, -0.2) is 35.8 Å². The monoisotopic (exact) mass is 208 g/mol. The van der Waals surface area contributed by atoms with Crippen molar-refractivity contribution < 1.29 is 4.79 Å². The van der Waals surface area contributed by atoms with Crippen LogP contribution in [0.3, 0.4) is 0 Å². The van der Waals surface area contributed by atoms with Crippen molar-refractivity contribution in [3.05, 3.63) is 34.2 Å². The van der Waals surface area contributed by atoms with Crippen molar-refractivity contribution in [2.45, 2.75) is 19.4 Å². The van der Waals surface area contributed by atoms with E-state index in [-0.39, 0.29) is 17.4 Å². The van der Waals surface area contributed by atoms with E-state index in [0.717, 1.165) is 5.56 Å². The number of ketones is 1. The van der Waals surface area contributed by atoms with Crippen LogP contribution in [0.25, 0.3) is 0 Å². The number of H-pyrrole nitrogens is 1. The van der Waals surface area contributed by atoms with Gasteiger partial charge in [0, 0.05) is 12.3 Å². The fourth-order valence-corrected chi connectivity index (χ4v) is 1.53. The van der Waals surface area contributed by atoms with Gasteiger partial charge in [-0.1, -0.05) is 0 Å². The largest absolute Gasteiger partial charge is 0.329 e. The molecule has 4 nitrogen and oxygen atoms in total. The van der Waals surface area contributed by atoms with Crippen LogP contribution in [0.5, 0.6) is 0 Å². The number of rotatable bonds is 4. The van der Waals surface area contributed by atoms with Gasteiger partial charge in [-0.3, -0.25) is 14.5 Å². The molecular weight excluding hydrogens is 192 g/mol. The lowest BCUT2D eigenvalue weighted by Gasteiger charge is -2.21. The Hall–Kier alpha value is -1.42. The van der Waals surface area contributed by atoms with Crippen LogP contribution in [0, 0.1) is 0 Å². The zero-order chi connectivity index (χ0) is 11.4. The first-order chi connectivity index (χ1) is 7.00. The molecule has 1 heterocycles. The number of nitrogens with zero attached hydrogens (tertiary/aromatic N) is 1. The summed E-state index contributed by atoms with van der Waals surface area (Å²) in [6.45, 7) is 1.57. The summed E-state index contributed by atoms with van der Waals surface area (Å²) in [5.41, 5.74) is 0.751.